The Morgan fingerprint density at radius 2 is 2.02 bits per heavy atom. The van der Waals surface area contributed by atoms with Crippen LogP contribution in [-0.2, 0) is 14.4 Å². The van der Waals surface area contributed by atoms with Gasteiger partial charge in [-0.3, -0.25) is 14.4 Å². The zero-order chi connectivity index (χ0) is 30.1. The topological polar surface area (TPSA) is 125 Å². The average Bonchev–Trinajstić information content (AvgIpc) is 3.30. The zero-order valence-corrected chi connectivity index (χ0v) is 25.1. The number of ketones is 2. The van der Waals surface area contributed by atoms with Gasteiger partial charge in [-0.2, -0.15) is 0 Å². The summed E-state index contributed by atoms with van der Waals surface area (Å²) in [5.41, 5.74) is 8.02. The van der Waals surface area contributed by atoms with Gasteiger partial charge in [-0.25, -0.2) is 4.39 Å². The lowest BCUT2D eigenvalue weighted by molar-refractivity contribution is -0.139. The summed E-state index contributed by atoms with van der Waals surface area (Å²) in [5, 5.41) is 13.5. The largest absolute Gasteiger partial charge is 0.481 e. The highest BCUT2D eigenvalue weighted by molar-refractivity contribution is 5.95. The number of allylic oxidation sites excluding steroid dienone is 2. The number of nitrogens with two attached hydrogens (primary N) is 1. The van der Waals surface area contributed by atoms with Crippen LogP contribution in [0.2, 0.25) is 0 Å². The Morgan fingerprint density at radius 3 is 2.66 bits per heavy atom. The van der Waals surface area contributed by atoms with Gasteiger partial charge in [0.2, 0.25) is 0 Å². The van der Waals surface area contributed by atoms with Crippen LogP contribution in [0.1, 0.15) is 90.5 Å². The smallest absolute Gasteiger partial charge is 0.303 e. The Bertz CT molecular complexity index is 1330. The monoisotopic (exact) mass is 567 g/mol. The van der Waals surface area contributed by atoms with Crippen LogP contribution in [0.5, 0.6) is 0 Å². The van der Waals surface area contributed by atoms with Crippen LogP contribution in [-0.4, -0.2) is 40.2 Å². The van der Waals surface area contributed by atoms with E-state index in [9.17, 15) is 23.9 Å². The number of H-pyrrole nitrogens is 1. The van der Waals surface area contributed by atoms with Gasteiger partial charge in [0.25, 0.3) is 0 Å². The molecule has 0 radical (unpaired) electrons. The van der Waals surface area contributed by atoms with E-state index in [1.807, 2.05) is 27.0 Å². The van der Waals surface area contributed by atoms with Crippen LogP contribution in [0, 0.1) is 34.9 Å². The van der Waals surface area contributed by atoms with Crippen molar-refractivity contribution in [2.24, 2.45) is 34.8 Å². The number of aromatic nitrogens is 1. The van der Waals surface area contributed by atoms with E-state index >= 15 is 0 Å². The summed E-state index contributed by atoms with van der Waals surface area (Å²) in [6.07, 6.45) is 8.25. The van der Waals surface area contributed by atoms with Crippen LogP contribution in [0.25, 0.3) is 10.9 Å². The van der Waals surface area contributed by atoms with Crippen molar-refractivity contribution in [3.63, 3.8) is 0 Å². The summed E-state index contributed by atoms with van der Waals surface area (Å²) in [4.78, 5) is 41.8. The predicted molar refractivity (Wildman–Crippen MR) is 159 cm³/mol. The number of hydrogen-bond acceptors (Lipinski definition) is 5. The van der Waals surface area contributed by atoms with Gasteiger partial charge in [0.05, 0.1) is 5.70 Å². The normalized spacial score (nSPS) is 27.7. The highest BCUT2D eigenvalue weighted by Gasteiger charge is 2.51. The number of likely N-dealkylation sites (N-methyl/N-ethyl adjacent to an activating group) is 1. The molecule has 8 heteroatoms. The maximum atomic E-state index is 14.2. The Hall–Kier alpha value is -3.00. The van der Waals surface area contributed by atoms with Crippen LogP contribution in [0.4, 0.5) is 4.39 Å². The van der Waals surface area contributed by atoms with E-state index in [1.54, 1.807) is 19.2 Å². The SMILES string of the molecule is CC=C(NC)C(=O)CCC(C(=O)C1CCC2(C)CC(CC(=O)O)CC(c3c[nH]c4cc(F)ccc34)C2C1)C(C)(C)N. The second-order valence-electron chi connectivity index (χ2n) is 13.4. The molecule has 4 rings (SSSR count). The molecule has 41 heavy (non-hydrogen) atoms. The fraction of sp³-hybridized carbons (Fsp3) is 0.606. The van der Waals surface area contributed by atoms with Gasteiger partial charge in [0.1, 0.15) is 11.6 Å². The molecule has 2 aliphatic rings. The Labute approximate surface area is 242 Å². The molecule has 2 fully saturated rings. The minimum Gasteiger partial charge on any atom is -0.481 e. The van der Waals surface area contributed by atoms with Crippen molar-refractivity contribution in [3.05, 3.63) is 47.5 Å². The minimum absolute atomic E-state index is 0.0270. The number of carbonyl (C=O) groups is 3. The molecular formula is C33H46FN3O4. The first-order valence-corrected chi connectivity index (χ1v) is 15.0. The van der Waals surface area contributed by atoms with Gasteiger partial charge in [0, 0.05) is 54.4 Å². The molecule has 7 nitrogen and oxygen atoms in total. The molecule has 224 valence electrons. The van der Waals surface area contributed by atoms with Crippen molar-refractivity contribution in [1.82, 2.24) is 10.3 Å². The second-order valence-corrected chi connectivity index (χ2v) is 13.4. The first-order valence-electron chi connectivity index (χ1n) is 15.0. The third-order valence-corrected chi connectivity index (χ3v) is 10.0. The van der Waals surface area contributed by atoms with Crippen molar-refractivity contribution in [2.75, 3.05) is 7.05 Å². The quantitative estimate of drug-likeness (QED) is 0.243. The number of halogens is 1. The van der Waals surface area contributed by atoms with E-state index in [4.69, 9.17) is 5.73 Å². The van der Waals surface area contributed by atoms with E-state index in [-0.39, 0.29) is 59.3 Å². The predicted octanol–water partition coefficient (Wildman–Crippen LogP) is 6.09. The van der Waals surface area contributed by atoms with Gasteiger partial charge >= 0.3 is 5.97 Å². The van der Waals surface area contributed by atoms with Gasteiger partial charge in [-0.05, 0) is 106 Å². The van der Waals surface area contributed by atoms with Crippen LogP contribution in [0.15, 0.2) is 36.2 Å². The zero-order valence-electron chi connectivity index (χ0n) is 25.1. The summed E-state index contributed by atoms with van der Waals surface area (Å²) < 4.78 is 14.0. The lowest BCUT2D eigenvalue weighted by Crippen LogP contribution is -2.50. The summed E-state index contributed by atoms with van der Waals surface area (Å²) in [6, 6.07) is 4.76. The molecule has 0 bridgehead atoms. The number of aromatic amines is 1. The van der Waals surface area contributed by atoms with Crippen LogP contribution in [0.3, 0.4) is 0 Å². The molecule has 0 aliphatic heterocycles. The van der Waals surface area contributed by atoms with Gasteiger partial charge in [-0.15, -0.1) is 0 Å². The lowest BCUT2D eigenvalue weighted by Gasteiger charge is -2.54. The number of carboxylic acid groups (broad SMARTS) is 1. The summed E-state index contributed by atoms with van der Waals surface area (Å²) in [5.74, 6) is -1.37. The van der Waals surface area contributed by atoms with E-state index in [0.29, 0.717) is 25.0 Å². The maximum absolute atomic E-state index is 14.2. The molecular weight excluding hydrogens is 521 g/mol. The van der Waals surface area contributed by atoms with E-state index in [0.717, 1.165) is 35.7 Å². The molecule has 1 aromatic heterocycles. The molecule has 0 spiro atoms. The molecule has 2 saturated carbocycles. The number of carbonyl (C=O) groups excluding carboxylic acids is 2. The van der Waals surface area contributed by atoms with E-state index in [2.05, 4.69) is 17.2 Å². The van der Waals surface area contributed by atoms with Crippen molar-refractivity contribution < 1.29 is 23.9 Å². The first kappa shape index (κ1) is 30.9. The van der Waals surface area contributed by atoms with E-state index in [1.165, 1.54) is 12.1 Å². The highest BCUT2D eigenvalue weighted by Crippen LogP contribution is 2.60. The summed E-state index contributed by atoms with van der Waals surface area (Å²) in [6.45, 7) is 7.80. The Balaban J connectivity index is 1.63. The molecule has 1 aromatic carbocycles. The van der Waals surface area contributed by atoms with Crippen molar-refractivity contribution in [2.45, 2.75) is 90.5 Å². The van der Waals surface area contributed by atoms with Crippen molar-refractivity contribution >= 4 is 28.4 Å². The van der Waals surface area contributed by atoms with Crippen LogP contribution >= 0.6 is 0 Å². The van der Waals surface area contributed by atoms with Crippen molar-refractivity contribution in [1.29, 1.82) is 0 Å². The third kappa shape index (κ3) is 6.58. The maximum Gasteiger partial charge on any atom is 0.303 e. The number of fused-ring (bicyclic) bond motifs is 2. The Morgan fingerprint density at radius 1 is 1.29 bits per heavy atom. The number of hydrogen-bond donors (Lipinski definition) is 4. The standard InChI is InChI=1S/C33H46FN3O4/c1-6-27(36-5)29(38)10-9-25(32(2,3)35)31(41)20-11-12-33(4)17-19(14-30(39)40)13-23(26(33)15-20)24-18-37-28-16-21(34)7-8-22(24)28/h6-8,16,18-20,23,25-26,36-37H,9-15,17,35H2,1-5H3,(H,39,40). The lowest BCUT2D eigenvalue weighted by atomic mass is 9.50. The Kier molecular flexibility index (Phi) is 9.12. The molecule has 5 N–H and O–H groups in total. The molecule has 6 atom stereocenters. The van der Waals surface area contributed by atoms with Gasteiger partial charge in [-0.1, -0.05) is 13.0 Å². The third-order valence-electron chi connectivity index (χ3n) is 10.0. The molecule has 2 aromatic rings. The fourth-order valence-corrected chi connectivity index (χ4v) is 8.02. The minimum atomic E-state index is -0.789. The average molecular weight is 568 g/mol. The van der Waals surface area contributed by atoms with Gasteiger partial charge in [0.15, 0.2) is 5.78 Å². The molecule has 1 heterocycles. The van der Waals surface area contributed by atoms with Gasteiger partial charge < -0.3 is 21.1 Å². The number of Topliss-reactive ketones (excluding diaryl/α,β-unsaturated/α-hetero) is 2. The number of carboxylic acids is 1. The molecule has 0 saturated heterocycles. The van der Waals surface area contributed by atoms with Crippen molar-refractivity contribution in [3.8, 4) is 0 Å². The number of rotatable bonds is 11. The number of benzene rings is 1. The fourth-order valence-electron chi connectivity index (χ4n) is 8.02. The second kappa shape index (κ2) is 12.1. The molecule has 0 amide bonds. The highest BCUT2D eigenvalue weighted by atomic mass is 19.1. The van der Waals surface area contributed by atoms with E-state index < -0.39 is 17.4 Å². The number of aliphatic carboxylic acids is 1. The van der Waals surface area contributed by atoms with Crippen LogP contribution < -0.4 is 11.1 Å². The summed E-state index contributed by atoms with van der Waals surface area (Å²) in [7, 11) is 1.72. The first-order chi connectivity index (χ1) is 19.3. The molecule has 2 aliphatic carbocycles. The molecule has 6 unspecified atom stereocenters. The summed E-state index contributed by atoms with van der Waals surface area (Å²) >= 11 is 0. The number of nitrogens with one attached hydrogen (secondary N) is 2.